The van der Waals surface area contributed by atoms with Gasteiger partial charge in [-0.1, -0.05) is 0 Å². The van der Waals surface area contributed by atoms with Crippen LogP contribution in [0.3, 0.4) is 0 Å². The number of rotatable bonds is 3. The number of aromatic amines is 1. The van der Waals surface area contributed by atoms with Crippen LogP contribution in [0.5, 0.6) is 5.75 Å². The Kier molecular flexibility index (Phi) is 4.03. The van der Waals surface area contributed by atoms with Gasteiger partial charge in [-0.05, 0) is 48.5 Å². The number of carbonyl (C=O) groups excluding carboxylic acids is 1. The van der Waals surface area contributed by atoms with Crippen molar-refractivity contribution in [2.24, 2.45) is 0 Å². The van der Waals surface area contributed by atoms with Gasteiger partial charge < -0.3 is 9.72 Å². The number of nitriles is 1. The molecule has 3 aromatic rings. The summed E-state index contributed by atoms with van der Waals surface area (Å²) in [5.74, 6) is 1.17. The fourth-order valence-corrected chi connectivity index (χ4v) is 1.98. The smallest absolute Gasteiger partial charge is 0.410 e. The van der Waals surface area contributed by atoms with Crippen LogP contribution in [0.25, 0.3) is 11.4 Å². The van der Waals surface area contributed by atoms with Crippen molar-refractivity contribution in [1.82, 2.24) is 9.97 Å². The number of hydrogen-bond donors (Lipinski definition) is 2. The predicted molar refractivity (Wildman–Crippen MR) is 84.8 cm³/mol. The molecule has 0 radical (unpaired) electrons. The first kappa shape index (κ1) is 14.4. The van der Waals surface area contributed by atoms with Crippen LogP contribution in [0.4, 0.5) is 10.5 Å². The lowest BCUT2D eigenvalue weighted by Gasteiger charge is -2.07. The number of benzene rings is 2. The van der Waals surface area contributed by atoms with Crippen LogP contribution in [0.2, 0.25) is 0 Å². The second-order valence-electron chi connectivity index (χ2n) is 4.67. The molecule has 2 N–H and O–H groups in total. The molecule has 0 saturated heterocycles. The molecule has 0 saturated carbocycles. The van der Waals surface area contributed by atoms with Crippen molar-refractivity contribution in [2.45, 2.75) is 0 Å². The summed E-state index contributed by atoms with van der Waals surface area (Å²) in [6, 6.07) is 15.5. The molecule has 6 nitrogen and oxygen atoms in total. The van der Waals surface area contributed by atoms with Crippen molar-refractivity contribution in [1.29, 1.82) is 5.26 Å². The minimum absolute atomic E-state index is 0.423. The Balaban J connectivity index is 1.62. The van der Waals surface area contributed by atoms with Crippen LogP contribution >= 0.6 is 0 Å². The minimum Gasteiger partial charge on any atom is -0.410 e. The Labute approximate surface area is 132 Å². The third kappa shape index (κ3) is 3.54. The number of hydrogen-bond acceptors (Lipinski definition) is 4. The summed E-state index contributed by atoms with van der Waals surface area (Å²) in [7, 11) is 0. The van der Waals surface area contributed by atoms with Gasteiger partial charge in [-0.25, -0.2) is 9.78 Å². The van der Waals surface area contributed by atoms with Crippen molar-refractivity contribution in [3.63, 3.8) is 0 Å². The monoisotopic (exact) mass is 304 g/mol. The molecule has 0 unspecified atom stereocenters. The molecule has 3 rings (SSSR count). The van der Waals surface area contributed by atoms with Gasteiger partial charge in [0, 0.05) is 23.6 Å². The number of nitrogens with one attached hydrogen (secondary N) is 2. The van der Waals surface area contributed by atoms with E-state index >= 15 is 0 Å². The third-order valence-electron chi connectivity index (χ3n) is 3.10. The molecular weight excluding hydrogens is 292 g/mol. The van der Waals surface area contributed by atoms with Crippen LogP contribution in [-0.2, 0) is 0 Å². The van der Waals surface area contributed by atoms with Crippen molar-refractivity contribution in [3.8, 4) is 23.2 Å². The molecule has 6 heteroatoms. The molecule has 1 amide bonds. The first-order valence-corrected chi connectivity index (χ1v) is 6.83. The Morgan fingerprint density at radius 3 is 2.48 bits per heavy atom. The number of anilines is 1. The van der Waals surface area contributed by atoms with Crippen LogP contribution in [0.1, 0.15) is 5.56 Å². The number of nitrogens with zero attached hydrogens (tertiary/aromatic N) is 2. The average Bonchev–Trinajstić information content (AvgIpc) is 3.11. The number of carbonyl (C=O) groups is 1. The van der Waals surface area contributed by atoms with E-state index in [-0.39, 0.29) is 0 Å². The zero-order chi connectivity index (χ0) is 16.1. The highest BCUT2D eigenvalue weighted by Crippen LogP contribution is 2.19. The first-order chi connectivity index (χ1) is 11.2. The molecule has 0 atom stereocenters. The van der Waals surface area contributed by atoms with Gasteiger partial charge in [0.2, 0.25) is 0 Å². The number of ether oxygens (including phenoxy) is 1. The van der Waals surface area contributed by atoms with Gasteiger partial charge >= 0.3 is 6.09 Å². The van der Waals surface area contributed by atoms with Crippen molar-refractivity contribution in [2.75, 3.05) is 5.32 Å². The molecule has 23 heavy (non-hydrogen) atoms. The number of H-pyrrole nitrogens is 1. The molecule has 1 heterocycles. The van der Waals surface area contributed by atoms with E-state index in [0.717, 1.165) is 11.4 Å². The Morgan fingerprint density at radius 2 is 1.87 bits per heavy atom. The van der Waals surface area contributed by atoms with Crippen LogP contribution in [0.15, 0.2) is 60.9 Å². The maximum Gasteiger partial charge on any atom is 0.417 e. The van der Waals surface area contributed by atoms with E-state index in [9.17, 15) is 4.79 Å². The molecule has 0 spiro atoms. The molecular formula is C17H12N4O2. The zero-order valence-electron chi connectivity index (χ0n) is 12.0. The lowest BCUT2D eigenvalue weighted by Crippen LogP contribution is -2.16. The SMILES string of the molecule is N#Cc1ccc(NC(=O)Oc2ccc(-c3ncc[nH]3)cc2)cc1. The van der Waals surface area contributed by atoms with Crippen LogP contribution in [-0.4, -0.2) is 16.1 Å². The highest BCUT2D eigenvalue weighted by atomic mass is 16.6. The second-order valence-corrected chi connectivity index (χ2v) is 4.67. The summed E-state index contributed by atoms with van der Waals surface area (Å²) in [6.07, 6.45) is 2.82. The number of imidazole rings is 1. The van der Waals surface area contributed by atoms with Gasteiger partial charge in [0.05, 0.1) is 11.6 Å². The van der Waals surface area contributed by atoms with E-state index in [2.05, 4.69) is 15.3 Å². The fraction of sp³-hybridized carbons (Fsp3) is 0. The van der Waals surface area contributed by atoms with Gasteiger partial charge in [0.1, 0.15) is 11.6 Å². The lowest BCUT2D eigenvalue weighted by atomic mass is 10.2. The summed E-state index contributed by atoms with van der Waals surface area (Å²) in [4.78, 5) is 19.0. The molecule has 0 bridgehead atoms. The summed E-state index contributed by atoms with van der Waals surface area (Å²) < 4.78 is 5.20. The Hall–Kier alpha value is -3.59. The van der Waals surface area contributed by atoms with Gasteiger partial charge in [-0.15, -0.1) is 0 Å². The van der Waals surface area contributed by atoms with E-state index in [1.165, 1.54) is 0 Å². The maximum absolute atomic E-state index is 11.8. The zero-order valence-corrected chi connectivity index (χ0v) is 12.0. The average molecular weight is 304 g/mol. The van der Waals surface area contributed by atoms with Crippen molar-refractivity contribution < 1.29 is 9.53 Å². The summed E-state index contributed by atoms with van der Waals surface area (Å²) >= 11 is 0. The Morgan fingerprint density at radius 1 is 1.13 bits per heavy atom. The van der Waals surface area contributed by atoms with E-state index < -0.39 is 6.09 Å². The van der Waals surface area contributed by atoms with E-state index in [1.807, 2.05) is 18.2 Å². The van der Waals surface area contributed by atoms with E-state index in [1.54, 1.807) is 48.8 Å². The van der Waals surface area contributed by atoms with Crippen LogP contribution < -0.4 is 10.1 Å². The highest BCUT2D eigenvalue weighted by molar-refractivity contribution is 5.86. The minimum atomic E-state index is -0.597. The summed E-state index contributed by atoms with van der Waals surface area (Å²) in [6.45, 7) is 0. The lowest BCUT2D eigenvalue weighted by molar-refractivity contribution is 0.215. The molecule has 1 aromatic heterocycles. The number of amides is 1. The van der Waals surface area contributed by atoms with Crippen LogP contribution in [0, 0.1) is 11.3 Å². The normalized spacial score (nSPS) is 9.87. The molecule has 2 aromatic carbocycles. The third-order valence-corrected chi connectivity index (χ3v) is 3.10. The van der Waals surface area contributed by atoms with E-state index in [0.29, 0.717) is 17.0 Å². The van der Waals surface area contributed by atoms with Gasteiger partial charge in [0.15, 0.2) is 0 Å². The quantitative estimate of drug-likeness (QED) is 0.774. The van der Waals surface area contributed by atoms with Crippen molar-refractivity contribution in [3.05, 3.63) is 66.5 Å². The largest absolute Gasteiger partial charge is 0.417 e. The first-order valence-electron chi connectivity index (χ1n) is 6.83. The van der Waals surface area contributed by atoms with Gasteiger partial charge in [0.25, 0.3) is 0 Å². The number of aromatic nitrogens is 2. The standard InChI is InChI=1S/C17H12N4O2/c18-11-12-1-5-14(6-2-12)21-17(22)23-15-7-3-13(4-8-15)16-19-9-10-20-16/h1-10H,(H,19,20)(H,21,22). The Bertz CT molecular complexity index is 832. The van der Waals surface area contributed by atoms with E-state index in [4.69, 9.17) is 10.00 Å². The highest BCUT2D eigenvalue weighted by Gasteiger charge is 2.06. The molecule has 112 valence electrons. The molecule has 0 aliphatic rings. The van der Waals surface area contributed by atoms with Gasteiger partial charge in [-0.2, -0.15) is 5.26 Å². The maximum atomic E-state index is 11.8. The molecule has 0 fully saturated rings. The second kappa shape index (κ2) is 6.45. The molecule has 0 aliphatic heterocycles. The summed E-state index contributed by atoms with van der Waals surface area (Å²) in [5, 5.41) is 11.3. The topological polar surface area (TPSA) is 90.8 Å². The molecule has 0 aliphatic carbocycles. The van der Waals surface area contributed by atoms with Gasteiger partial charge in [-0.3, -0.25) is 5.32 Å². The fourth-order valence-electron chi connectivity index (χ4n) is 1.98. The predicted octanol–water partition coefficient (Wildman–Crippen LogP) is 3.56. The van der Waals surface area contributed by atoms with Crippen molar-refractivity contribution >= 4 is 11.8 Å². The summed E-state index contributed by atoms with van der Waals surface area (Å²) in [5.41, 5.74) is 1.98.